The van der Waals surface area contributed by atoms with E-state index in [1.165, 1.54) is 0 Å². The second-order valence-corrected chi connectivity index (χ2v) is 5.49. The normalized spacial score (nSPS) is 16.9. The zero-order chi connectivity index (χ0) is 14.8. The Morgan fingerprint density at radius 1 is 1.19 bits per heavy atom. The van der Waals surface area contributed by atoms with Crippen LogP contribution in [-0.2, 0) is 0 Å². The third-order valence-electron chi connectivity index (χ3n) is 3.98. The Morgan fingerprint density at radius 2 is 2.00 bits per heavy atom. The summed E-state index contributed by atoms with van der Waals surface area (Å²) in [6.07, 6.45) is 1.06. The molecule has 0 unspecified atom stereocenters. The zero-order valence-electron chi connectivity index (χ0n) is 12.1. The van der Waals surface area contributed by atoms with E-state index in [4.69, 9.17) is 0 Å². The van der Waals surface area contributed by atoms with Crippen LogP contribution in [-0.4, -0.2) is 54.2 Å². The van der Waals surface area contributed by atoms with Gasteiger partial charge in [-0.05, 0) is 32.1 Å². The number of carboxylic acids is 1. The molecule has 21 heavy (non-hydrogen) atoms. The minimum absolute atomic E-state index is 0.327. The van der Waals surface area contributed by atoms with Gasteiger partial charge in [-0.15, -0.1) is 0 Å². The molecule has 0 amide bonds. The van der Waals surface area contributed by atoms with E-state index in [-0.39, 0.29) is 0 Å². The smallest absolute Gasteiger partial charge is 0.336 e. The SMILES string of the molecule is CN1CCCN(c2cc(C(=O)O)c3ccccc3n2)CC1. The largest absolute Gasteiger partial charge is 0.478 e. The number of para-hydroxylation sites is 1. The number of aromatic carboxylic acids is 1. The summed E-state index contributed by atoms with van der Waals surface area (Å²) in [5.74, 6) is -0.136. The molecule has 1 aliphatic rings. The summed E-state index contributed by atoms with van der Waals surface area (Å²) in [5.41, 5.74) is 1.07. The van der Waals surface area contributed by atoms with Crippen LogP contribution >= 0.6 is 0 Å². The summed E-state index contributed by atoms with van der Waals surface area (Å²) in [4.78, 5) is 20.6. The molecule has 1 aromatic heterocycles. The molecular formula is C16H19N3O2. The van der Waals surface area contributed by atoms with Gasteiger partial charge in [-0.2, -0.15) is 0 Å². The van der Waals surface area contributed by atoms with E-state index in [0.29, 0.717) is 10.9 Å². The van der Waals surface area contributed by atoms with Crippen LogP contribution in [0.4, 0.5) is 5.82 Å². The molecule has 110 valence electrons. The molecule has 2 aromatic rings. The van der Waals surface area contributed by atoms with E-state index in [0.717, 1.165) is 43.9 Å². The van der Waals surface area contributed by atoms with Gasteiger partial charge in [0.25, 0.3) is 0 Å². The number of hydrogen-bond acceptors (Lipinski definition) is 4. The maximum absolute atomic E-state index is 11.5. The lowest BCUT2D eigenvalue weighted by Crippen LogP contribution is -2.29. The maximum atomic E-state index is 11.5. The molecular weight excluding hydrogens is 266 g/mol. The molecule has 0 saturated carbocycles. The molecule has 2 heterocycles. The summed E-state index contributed by atoms with van der Waals surface area (Å²) in [5, 5.41) is 10.1. The van der Waals surface area contributed by atoms with Gasteiger partial charge in [-0.25, -0.2) is 9.78 Å². The average Bonchev–Trinajstić information content (AvgIpc) is 2.70. The van der Waals surface area contributed by atoms with Crippen LogP contribution in [0.3, 0.4) is 0 Å². The van der Waals surface area contributed by atoms with Crippen LogP contribution in [0.2, 0.25) is 0 Å². The Kier molecular flexibility index (Phi) is 3.75. The standard InChI is InChI=1S/C16H19N3O2/c1-18-7-4-8-19(10-9-18)15-11-13(16(20)21)12-5-2-3-6-14(12)17-15/h2-3,5-6,11H,4,7-10H2,1H3,(H,20,21). The summed E-state index contributed by atoms with van der Waals surface area (Å²) < 4.78 is 0. The van der Waals surface area contributed by atoms with Crippen molar-refractivity contribution in [2.24, 2.45) is 0 Å². The quantitative estimate of drug-likeness (QED) is 0.915. The van der Waals surface area contributed by atoms with Gasteiger partial charge in [0.2, 0.25) is 0 Å². The highest BCUT2D eigenvalue weighted by Gasteiger charge is 2.17. The fourth-order valence-electron chi connectivity index (χ4n) is 2.78. The molecule has 0 spiro atoms. The number of carboxylic acid groups (broad SMARTS) is 1. The van der Waals surface area contributed by atoms with E-state index < -0.39 is 5.97 Å². The molecule has 0 aliphatic carbocycles. The minimum atomic E-state index is -0.901. The first-order valence-electron chi connectivity index (χ1n) is 7.22. The van der Waals surface area contributed by atoms with E-state index in [9.17, 15) is 9.90 Å². The third-order valence-corrected chi connectivity index (χ3v) is 3.98. The highest BCUT2D eigenvalue weighted by atomic mass is 16.4. The number of carbonyl (C=O) groups is 1. The van der Waals surface area contributed by atoms with Crippen molar-refractivity contribution in [1.82, 2.24) is 9.88 Å². The second kappa shape index (κ2) is 5.69. The fraction of sp³-hybridized carbons (Fsp3) is 0.375. The van der Waals surface area contributed by atoms with Gasteiger partial charge < -0.3 is 14.9 Å². The van der Waals surface area contributed by atoms with E-state index in [2.05, 4.69) is 21.8 Å². The number of anilines is 1. The Bertz CT molecular complexity index is 672. The molecule has 1 saturated heterocycles. The number of rotatable bonds is 2. The second-order valence-electron chi connectivity index (χ2n) is 5.49. The monoisotopic (exact) mass is 285 g/mol. The third kappa shape index (κ3) is 2.83. The van der Waals surface area contributed by atoms with Gasteiger partial charge in [0.15, 0.2) is 0 Å². The molecule has 5 heteroatoms. The van der Waals surface area contributed by atoms with Crippen molar-refractivity contribution in [3.63, 3.8) is 0 Å². The number of fused-ring (bicyclic) bond motifs is 1. The van der Waals surface area contributed by atoms with Gasteiger partial charge in [-0.1, -0.05) is 18.2 Å². The summed E-state index contributed by atoms with van der Waals surface area (Å²) in [7, 11) is 2.11. The maximum Gasteiger partial charge on any atom is 0.336 e. The Labute approximate surface area is 123 Å². The van der Waals surface area contributed by atoms with E-state index in [1.54, 1.807) is 6.07 Å². The number of aromatic nitrogens is 1. The van der Waals surface area contributed by atoms with Gasteiger partial charge in [-0.3, -0.25) is 0 Å². The van der Waals surface area contributed by atoms with E-state index >= 15 is 0 Å². The Hall–Kier alpha value is -2.14. The fourth-order valence-corrected chi connectivity index (χ4v) is 2.78. The highest BCUT2D eigenvalue weighted by molar-refractivity contribution is 6.03. The predicted molar refractivity (Wildman–Crippen MR) is 83.0 cm³/mol. The van der Waals surface area contributed by atoms with Crippen molar-refractivity contribution in [3.8, 4) is 0 Å². The molecule has 1 fully saturated rings. The number of benzene rings is 1. The lowest BCUT2D eigenvalue weighted by Gasteiger charge is -2.22. The summed E-state index contributed by atoms with van der Waals surface area (Å²) in [6.45, 7) is 3.82. The van der Waals surface area contributed by atoms with Gasteiger partial charge in [0, 0.05) is 25.0 Å². The van der Waals surface area contributed by atoms with Crippen LogP contribution in [0.15, 0.2) is 30.3 Å². The highest BCUT2D eigenvalue weighted by Crippen LogP contribution is 2.23. The lowest BCUT2D eigenvalue weighted by atomic mass is 10.1. The van der Waals surface area contributed by atoms with Crippen LogP contribution in [0, 0.1) is 0 Å². The molecule has 1 aliphatic heterocycles. The minimum Gasteiger partial charge on any atom is -0.478 e. The Balaban J connectivity index is 2.04. The summed E-state index contributed by atoms with van der Waals surface area (Å²) in [6, 6.07) is 9.12. The number of nitrogens with zero attached hydrogens (tertiary/aromatic N) is 3. The van der Waals surface area contributed by atoms with Crippen molar-refractivity contribution >= 4 is 22.7 Å². The van der Waals surface area contributed by atoms with Crippen molar-refractivity contribution in [1.29, 1.82) is 0 Å². The van der Waals surface area contributed by atoms with Crippen LogP contribution in [0.25, 0.3) is 10.9 Å². The molecule has 1 aromatic carbocycles. The van der Waals surface area contributed by atoms with Gasteiger partial charge >= 0.3 is 5.97 Å². The van der Waals surface area contributed by atoms with Gasteiger partial charge in [0.1, 0.15) is 5.82 Å². The molecule has 0 radical (unpaired) electrons. The van der Waals surface area contributed by atoms with E-state index in [1.807, 2.05) is 24.3 Å². The van der Waals surface area contributed by atoms with Gasteiger partial charge in [0.05, 0.1) is 11.1 Å². The molecule has 5 nitrogen and oxygen atoms in total. The lowest BCUT2D eigenvalue weighted by molar-refractivity contribution is 0.0699. The first-order valence-corrected chi connectivity index (χ1v) is 7.22. The first-order chi connectivity index (χ1) is 10.1. The van der Waals surface area contributed by atoms with Crippen molar-refractivity contribution in [2.75, 3.05) is 38.1 Å². The molecule has 0 bridgehead atoms. The zero-order valence-corrected chi connectivity index (χ0v) is 12.1. The summed E-state index contributed by atoms with van der Waals surface area (Å²) >= 11 is 0. The van der Waals surface area contributed by atoms with Crippen molar-refractivity contribution < 1.29 is 9.90 Å². The number of hydrogen-bond donors (Lipinski definition) is 1. The van der Waals surface area contributed by atoms with Crippen LogP contribution in [0.1, 0.15) is 16.8 Å². The number of pyridine rings is 1. The topological polar surface area (TPSA) is 56.7 Å². The average molecular weight is 285 g/mol. The van der Waals surface area contributed by atoms with Crippen molar-refractivity contribution in [3.05, 3.63) is 35.9 Å². The first kappa shape index (κ1) is 13.8. The predicted octanol–water partition coefficient (Wildman–Crippen LogP) is 2.07. The number of likely N-dealkylation sites (N-methyl/N-ethyl adjacent to an activating group) is 1. The Morgan fingerprint density at radius 3 is 2.81 bits per heavy atom. The van der Waals surface area contributed by atoms with Crippen LogP contribution in [0.5, 0.6) is 0 Å². The molecule has 3 rings (SSSR count). The van der Waals surface area contributed by atoms with Crippen molar-refractivity contribution in [2.45, 2.75) is 6.42 Å². The van der Waals surface area contributed by atoms with Crippen LogP contribution < -0.4 is 4.90 Å². The molecule has 1 N–H and O–H groups in total. The molecule has 0 atom stereocenters.